The predicted octanol–water partition coefficient (Wildman–Crippen LogP) is 4.30. The van der Waals surface area contributed by atoms with Crippen molar-refractivity contribution in [2.24, 2.45) is 11.3 Å². The molecule has 1 aliphatic heterocycles. The quantitative estimate of drug-likeness (QED) is 0.504. The summed E-state index contributed by atoms with van der Waals surface area (Å²) in [6.07, 6.45) is 2.63. The Morgan fingerprint density at radius 2 is 1.77 bits per heavy atom. The van der Waals surface area contributed by atoms with Crippen LogP contribution in [0.1, 0.15) is 25.7 Å². The Morgan fingerprint density at radius 1 is 1.17 bits per heavy atom. The maximum absolute atomic E-state index is 13.0. The summed E-state index contributed by atoms with van der Waals surface area (Å²) >= 11 is 13.6. The van der Waals surface area contributed by atoms with E-state index >= 15 is 0 Å². The van der Waals surface area contributed by atoms with Crippen molar-refractivity contribution in [1.82, 2.24) is 4.90 Å². The van der Waals surface area contributed by atoms with Gasteiger partial charge in [-0.2, -0.15) is 0 Å². The van der Waals surface area contributed by atoms with Crippen LogP contribution in [0.25, 0.3) is 0 Å². The molecule has 4 rings (SSSR count). The Morgan fingerprint density at radius 3 is 2.33 bits per heavy atom. The minimum absolute atomic E-state index is 0.0347. The maximum Gasteiger partial charge on any atom is 0.289 e. The number of fused-ring (bicyclic) bond motifs is 3. The van der Waals surface area contributed by atoms with Crippen LogP contribution < -0.4 is 10.6 Å². The van der Waals surface area contributed by atoms with E-state index in [9.17, 15) is 18.9 Å². The van der Waals surface area contributed by atoms with Crippen LogP contribution in [-0.2, 0) is 14.2 Å². The first kappa shape index (κ1) is 22.2. The lowest BCUT2D eigenvalue weighted by Gasteiger charge is -2.31. The molecule has 3 amide bonds. The molecule has 0 radical (unpaired) electrons. The minimum Gasteiger partial charge on any atom is -0.325 e. The summed E-state index contributed by atoms with van der Waals surface area (Å²) in [6, 6.07) is 6.75. The summed E-state index contributed by atoms with van der Waals surface area (Å²) in [5, 5.41) is 3.00. The highest BCUT2D eigenvalue weighted by molar-refractivity contribution is 8.14. The number of carbonyl (C=O) groups is 3. The SMILES string of the molecule is CP(C)(=O)c1ccc(NC(=O)CN2C(=O)SC3C(C2=O)C32CCC(Cl)(Cl)CC2)cc1. The fourth-order valence-corrected chi connectivity index (χ4v) is 7.32. The van der Waals surface area contributed by atoms with Gasteiger partial charge in [0.15, 0.2) is 0 Å². The summed E-state index contributed by atoms with van der Waals surface area (Å²) in [4.78, 5) is 39.0. The Labute approximate surface area is 189 Å². The Bertz CT molecular complexity index is 952. The van der Waals surface area contributed by atoms with E-state index in [4.69, 9.17) is 23.2 Å². The number of benzene rings is 1. The highest BCUT2D eigenvalue weighted by Gasteiger charge is 2.73. The number of amides is 3. The number of halogens is 2. The molecule has 2 atom stereocenters. The number of alkyl halides is 2. The molecule has 10 heteroatoms. The van der Waals surface area contributed by atoms with E-state index in [1.807, 2.05) is 0 Å². The number of hydrogen-bond acceptors (Lipinski definition) is 5. The van der Waals surface area contributed by atoms with Crippen molar-refractivity contribution in [1.29, 1.82) is 0 Å². The second kappa shape index (κ2) is 7.54. The number of anilines is 1. The van der Waals surface area contributed by atoms with Crippen LogP contribution in [0.4, 0.5) is 10.5 Å². The number of nitrogens with zero attached hydrogens (tertiary/aromatic N) is 1. The van der Waals surface area contributed by atoms with Crippen molar-refractivity contribution < 1.29 is 18.9 Å². The first-order valence-corrected chi connectivity index (χ1v) is 14.0. The van der Waals surface area contributed by atoms with Crippen LogP contribution in [0.3, 0.4) is 0 Å². The van der Waals surface area contributed by atoms with Gasteiger partial charge in [0.25, 0.3) is 5.24 Å². The lowest BCUT2D eigenvalue weighted by molar-refractivity contribution is -0.133. The van der Waals surface area contributed by atoms with Crippen molar-refractivity contribution in [3.8, 4) is 0 Å². The average Bonchev–Trinajstić information content (AvgIpc) is 3.27. The first-order valence-electron chi connectivity index (χ1n) is 9.78. The standard InChI is InChI=1S/C20H23Cl2N2O4PS/c1-29(2,28)13-5-3-12(4-6-13)23-14(25)11-24-17(26)15-16(30-18(24)27)19(15)7-9-20(21,22)10-8-19/h3-6,15-16H,7-11H2,1-2H3,(H,23,25). The van der Waals surface area contributed by atoms with Gasteiger partial charge in [-0.1, -0.05) is 11.8 Å². The van der Waals surface area contributed by atoms with Crippen molar-refractivity contribution >= 4 is 70.2 Å². The highest BCUT2D eigenvalue weighted by Crippen LogP contribution is 2.70. The number of carbonyl (C=O) groups excluding carboxylic acids is 3. The molecule has 3 fully saturated rings. The van der Waals surface area contributed by atoms with E-state index < -0.39 is 17.4 Å². The van der Waals surface area contributed by atoms with Gasteiger partial charge in [0.05, 0.1) is 5.92 Å². The average molecular weight is 489 g/mol. The largest absolute Gasteiger partial charge is 0.325 e. The van der Waals surface area contributed by atoms with E-state index in [-0.39, 0.29) is 34.3 Å². The monoisotopic (exact) mass is 488 g/mol. The summed E-state index contributed by atoms with van der Waals surface area (Å²) in [5.41, 5.74) is 0.301. The number of rotatable bonds is 4. The molecular weight excluding hydrogens is 466 g/mol. The lowest BCUT2D eigenvalue weighted by Crippen LogP contribution is -2.44. The minimum atomic E-state index is -2.37. The first-order chi connectivity index (χ1) is 13.9. The Hall–Kier alpha value is -1.01. The second-order valence-electron chi connectivity index (χ2n) is 8.74. The molecule has 1 aromatic rings. The van der Waals surface area contributed by atoms with Gasteiger partial charge < -0.3 is 9.88 Å². The van der Waals surface area contributed by atoms with Crippen LogP contribution in [0.5, 0.6) is 0 Å². The summed E-state index contributed by atoms with van der Waals surface area (Å²) in [5.74, 6) is -0.970. The molecule has 1 N–H and O–H groups in total. The van der Waals surface area contributed by atoms with E-state index in [1.54, 1.807) is 37.6 Å². The van der Waals surface area contributed by atoms with Gasteiger partial charge in [-0.05, 0) is 68.7 Å². The Kier molecular flexibility index (Phi) is 5.58. The summed E-state index contributed by atoms with van der Waals surface area (Å²) in [7, 11) is -2.37. The van der Waals surface area contributed by atoms with E-state index in [0.717, 1.165) is 16.7 Å². The zero-order valence-electron chi connectivity index (χ0n) is 16.7. The molecular formula is C20H23Cl2N2O4PS. The van der Waals surface area contributed by atoms with Crippen molar-refractivity contribution in [3.05, 3.63) is 24.3 Å². The third-order valence-corrected chi connectivity index (χ3v) is 10.1. The number of hydrogen-bond donors (Lipinski definition) is 1. The number of imide groups is 1. The molecule has 162 valence electrons. The molecule has 2 saturated carbocycles. The Balaban J connectivity index is 1.39. The van der Waals surface area contributed by atoms with Gasteiger partial charge in [-0.25, -0.2) is 0 Å². The molecule has 2 aliphatic carbocycles. The molecule has 0 bridgehead atoms. The van der Waals surface area contributed by atoms with E-state index in [1.165, 1.54) is 0 Å². The highest BCUT2D eigenvalue weighted by atomic mass is 35.5. The van der Waals surface area contributed by atoms with Crippen LogP contribution in [0.15, 0.2) is 24.3 Å². The molecule has 1 spiro atoms. The van der Waals surface area contributed by atoms with Crippen molar-refractivity contribution in [2.45, 2.75) is 35.3 Å². The van der Waals surface area contributed by atoms with Crippen molar-refractivity contribution in [3.63, 3.8) is 0 Å². The fourth-order valence-electron chi connectivity index (χ4n) is 4.51. The molecule has 30 heavy (non-hydrogen) atoms. The zero-order chi connectivity index (χ0) is 21.9. The van der Waals surface area contributed by atoms with E-state index in [2.05, 4.69) is 5.32 Å². The van der Waals surface area contributed by atoms with Gasteiger partial charge in [0, 0.05) is 16.2 Å². The predicted molar refractivity (Wildman–Crippen MR) is 121 cm³/mol. The molecule has 0 aromatic heterocycles. The van der Waals surface area contributed by atoms with Gasteiger partial charge >= 0.3 is 0 Å². The van der Waals surface area contributed by atoms with Gasteiger partial charge in [-0.3, -0.25) is 19.3 Å². The van der Waals surface area contributed by atoms with Crippen LogP contribution in [0, 0.1) is 11.3 Å². The molecule has 1 aromatic carbocycles. The topological polar surface area (TPSA) is 83.6 Å². The van der Waals surface area contributed by atoms with Gasteiger partial charge in [0.2, 0.25) is 11.8 Å². The third-order valence-electron chi connectivity index (χ3n) is 6.35. The van der Waals surface area contributed by atoms with Crippen LogP contribution >= 0.6 is 42.1 Å². The summed E-state index contributed by atoms with van der Waals surface area (Å²) < 4.78 is 11.3. The molecule has 1 heterocycles. The molecule has 6 nitrogen and oxygen atoms in total. The molecule has 3 aliphatic rings. The zero-order valence-corrected chi connectivity index (χ0v) is 19.9. The molecule has 1 saturated heterocycles. The van der Waals surface area contributed by atoms with Crippen molar-refractivity contribution in [2.75, 3.05) is 25.2 Å². The van der Waals surface area contributed by atoms with E-state index in [0.29, 0.717) is 36.7 Å². The lowest BCUT2D eigenvalue weighted by atomic mass is 9.83. The van der Waals surface area contributed by atoms with Gasteiger partial charge in [0.1, 0.15) is 18.0 Å². The van der Waals surface area contributed by atoms with Crippen LogP contribution in [0.2, 0.25) is 0 Å². The van der Waals surface area contributed by atoms with Gasteiger partial charge in [-0.15, -0.1) is 23.2 Å². The number of thioether (sulfide) groups is 1. The normalized spacial score (nSPS) is 27.0. The summed E-state index contributed by atoms with van der Waals surface area (Å²) in [6.45, 7) is 3.04. The fraction of sp³-hybridized carbons (Fsp3) is 0.550. The molecule has 2 unspecified atom stereocenters. The third kappa shape index (κ3) is 4.06. The van der Waals surface area contributed by atoms with Crippen LogP contribution in [-0.4, -0.2) is 51.4 Å². The maximum atomic E-state index is 13.0. The smallest absolute Gasteiger partial charge is 0.289 e. The number of nitrogens with one attached hydrogen (secondary N) is 1. The second-order valence-corrected chi connectivity index (χ2v) is 14.7.